The molecule has 1 aliphatic rings. The van der Waals surface area contributed by atoms with Gasteiger partial charge < -0.3 is 4.57 Å². The lowest BCUT2D eigenvalue weighted by atomic mass is 10.1. The van der Waals surface area contributed by atoms with Gasteiger partial charge in [0, 0.05) is 29.2 Å². The van der Waals surface area contributed by atoms with Crippen LogP contribution in [0.15, 0.2) is 90.6 Å². The van der Waals surface area contributed by atoms with Crippen LogP contribution < -0.4 is 10.2 Å². The Balaban J connectivity index is 1.57. The summed E-state index contributed by atoms with van der Waals surface area (Å²) in [6, 6.07) is 23.9. The first kappa shape index (κ1) is 20.5. The van der Waals surface area contributed by atoms with Gasteiger partial charge in [-0.05, 0) is 36.8 Å². The van der Waals surface area contributed by atoms with Gasteiger partial charge in [-0.2, -0.15) is 0 Å². The second kappa shape index (κ2) is 8.24. The molecule has 0 bridgehead atoms. The largest absolute Gasteiger partial charge is 0.342 e. The van der Waals surface area contributed by atoms with Gasteiger partial charge in [-0.1, -0.05) is 66.2 Å². The van der Waals surface area contributed by atoms with Gasteiger partial charge in [-0.25, -0.2) is 9.69 Å². The van der Waals surface area contributed by atoms with Crippen molar-refractivity contribution in [3.05, 3.63) is 107 Å². The van der Waals surface area contributed by atoms with Crippen molar-refractivity contribution >= 4 is 40.5 Å². The minimum Gasteiger partial charge on any atom is -0.342 e. The Hall–Kier alpha value is -4.45. The molecule has 1 aromatic heterocycles. The minimum atomic E-state index is -0.754. The quantitative estimate of drug-likeness (QED) is 0.374. The second-order valence-corrected chi connectivity index (χ2v) is 8.01. The first-order valence-corrected chi connectivity index (χ1v) is 10.6. The maximum Gasteiger partial charge on any atom is 0.335 e. The van der Waals surface area contributed by atoms with Gasteiger partial charge in [0.05, 0.1) is 5.69 Å². The van der Waals surface area contributed by atoms with Crippen molar-refractivity contribution in [1.29, 1.82) is 0 Å². The molecule has 4 aromatic rings. The Labute approximate surface area is 190 Å². The zero-order valence-electron chi connectivity index (χ0n) is 18.0. The number of fused-ring (bicyclic) bond motifs is 1. The molecule has 1 N–H and O–H groups in total. The van der Waals surface area contributed by atoms with Gasteiger partial charge in [-0.3, -0.25) is 14.9 Å². The molecule has 3 aromatic carbocycles. The number of hydrogen-bond acceptors (Lipinski definition) is 3. The average molecular weight is 435 g/mol. The molecule has 0 saturated carbocycles. The van der Waals surface area contributed by atoms with E-state index >= 15 is 0 Å². The van der Waals surface area contributed by atoms with E-state index in [2.05, 4.69) is 35.0 Å². The van der Waals surface area contributed by atoms with Crippen LogP contribution in [0.25, 0.3) is 17.0 Å². The third-order valence-corrected chi connectivity index (χ3v) is 5.67. The summed E-state index contributed by atoms with van der Waals surface area (Å²) in [5.74, 6) is -1.35. The van der Waals surface area contributed by atoms with E-state index in [4.69, 9.17) is 0 Å². The molecule has 0 atom stereocenters. The Morgan fingerprint density at radius 2 is 1.64 bits per heavy atom. The lowest BCUT2D eigenvalue weighted by Crippen LogP contribution is -2.54. The summed E-state index contributed by atoms with van der Waals surface area (Å²) in [7, 11) is 0. The number of para-hydroxylation sites is 2. The summed E-state index contributed by atoms with van der Waals surface area (Å²) in [5.41, 5.74) is 4.38. The second-order valence-electron chi connectivity index (χ2n) is 8.01. The van der Waals surface area contributed by atoms with Crippen LogP contribution >= 0.6 is 0 Å². The van der Waals surface area contributed by atoms with Gasteiger partial charge in [0.2, 0.25) is 0 Å². The van der Waals surface area contributed by atoms with Crippen molar-refractivity contribution in [3.63, 3.8) is 0 Å². The molecule has 1 fully saturated rings. The van der Waals surface area contributed by atoms with Crippen LogP contribution in [0.5, 0.6) is 0 Å². The van der Waals surface area contributed by atoms with Crippen LogP contribution in [0, 0.1) is 6.92 Å². The summed E-state index contributed by atoms with van der Waals surface area (Å²) >= 11 is 0. The number of carbonyl (C=O) groups is 3. The number of anilines is 1. The maximum atomic E-state index is 13.2. The number of nitrogens with zero attached hydrogens (tertiary/aromatic N) is 2. The number of benzene rings is 3. The van der Waals surface area contributed by atoms with Gasteiger partial charge in [0.1, 0.15) is 5.57 Å². The predicted molar refractivity (Wildman–Crippen MR) is 128 cm³/mol. The van der Waals surface area contributed by atoms with Crippen LogP contribution in [-0.2, 0) is 16.1 Å². The average Bonchev–Trinajstić information content (AvgIpc) is 3.14. The van der Waals surface area contributed by atoms with Crippen molar-refractivity contribution in [1.82, 2.24) is 9.88 Å². The third kappa shape index (κ3) is 3.83. The van der Waals surface area contributed by atoms with Gasteiger partial charge in [-0.15, -0.1) is 0 Å². The van der Waals surface area contributed by atoms with Crippen molar-refractivity contribution in [2.75, 3.05) is 4.90 Å². The smallest absolute Gasteiger partial charge is 0.335 e. The molecule has 0 spiro atoms. The zero-order chi connectivity index (χ0) is 22.9. The predicted octanol–water partition coefficient (Wildman–Crippen LogP) is 4.66. The van der Waals surface area contributed by atoms with Crippen LogP contribution in [0.2, 0.25) is 0 Å². The summed E-state index contributed by atoms with van der Waals surface area (Å²) in [6.07, 6.45) is 3.50. The normalized spacial score (nSPS) is 15.4. The first-order valence-electron chi connectivity index (χ1n) is 10.6. The number of urea groups is 1. The number of amides is 4. The molecule has 162 valence electrons. The Morgan fingerprint density at radius 3 is 2.42 bits per heavy atom. The molecule has 5 rings (SSSR count). The highest BCUT2D eigenvalue weighted by atomic mass is 16.2. The van der Waals surface area contributed by atoms with Gasteiger partial charge >= 0.3 is 6.03 Å². The van der Waals surface area contributed by atoms with E-state index in [-0.39, 0.29) is 5.57 Å². The molecular formula is C27H21N3O3. The number of aryl methyl sites for hydroxylation is 1. The number of aromatic nitrogens is 1. The third-order valence-electron chi connectivity index (χ3n) is 5.67. The summed E-state index contributed by atoms with van der Waals surface area (Å²) < 4.78 is 2.10. The molecule has 2 heterocycles. The molecule has 0 radical (unpaired) electrons. The van der Waals surface area contributed by atoms with Crippen molar-refractivity contribution in [2.45, 2.75) is 13.5 Å². The highest BCUT2D eigenvalue weighted by Crippen LogP contribution is 2.27. The van der Waals surface area contributed by atoms with Crippen LogP contribution in [-0.4, -0.2) is 22.4 Å². The molecular weight excluding hydrogens is 414 g/mol. The van der Waals surface area contributed by atoms with E-state index in [0.29, 0.717) is 12.2 Å². The SMILES string of the molecule is Cc1cccc(Cn2cc(/C=C3/C(=O)NC(=O)N(c4ccccc4)C3=O)c3ccccc32)c1. The van der Waals surface area contributed by atoms with E-state index < -0.39 is 17.8 Å². The standard InChI is InChI=1S/C27H21N3O3/c1-18-8-7-9-19(14-18)16-29-17-20(22-12-5-6-13-24(22)29)15-23-25(31)28-27(33)30(26(23)32)21-10-3-2-4-11-21/h2-15,17H,16H2,1H3,(H,28,31,33)/b23-15-. The van der Waals surface area contributed by atoms with Crippen LogP contribution in [0.3, 0.4) is 0 Å². The summed E-state index contributed by atoms with van der Waals surface area (Å²) in [5, 5.41) is 3.20. The lowest BCUT2D eigenvalue weighted by molar-refractivity contribution is -0.122. The highest BCUT2D eigenvalue weighted by Gasteiger charge is 2.36. The van der Waals surface area contributed by atoms with E-state index in [1.807, 2.05) is 36.5 Å². The molecule has 1 aliphatic heterocycles. The molecule has 0 aliphatic carbocycles. The lowest BCUT2D eigenvalue weighted by Gasteiger charge is -2.26. The maximum absolute atomic E-state index is 13.2. The molecule has 33 heavy (non-hydrogen) atoms. The molecule has 1 saturated heterocycles. The van der Waals surface area contributed by atoms with Crippen LogP contribution in [0.1, 0.15) is 16.7 Å². The fourth-order valence-electron chi connectivity index (χ4n) is 4.15. The number of nitrogens with one attached hydrogen (secondary N) is 1. The van der Waals surface area contributed by atoms with E-state index in [1.54, 1.807) is 36.4 Å². The number of barbiturate groups is 1. The Kier molecular flexibility index (Phi) is 5.11. The highest BCUT2D eigenvalue weighted by molar-refractivity contribution is 6.39. The Bertz CT molecular complexity index is 1430. The van der Waals surface area contributed by atoms with Gasteiger partial charge in [0.25, 0.3) is 11.8 Å². The number of hydrogen-bond donors (Lipinski definition) is 1. The number of carbonyl (C=O) groups excluding carboxylic acids is 3. The molecule has 6 nitrogen and oxygen atoms in total. The summed E-state index contributed by atoms with van der Waals surface area (Å²) in [6.45, 7) is 2.71. The zero-order valence-corrected chi connectivity index (χ0v) is 18.0. The van der Waals surface area contributed by atoms with Crippen molar-refractivity contribution in [2.24, 2.45) is 0 Å². The fourth-order valence-corrected chi connectivity index (χ4v) is 4.15. The van der Waals surface area contributed by atoms with Crippen LogP contribution in [0.4, 0.5) is 10.5 Å². The van der Waals surface area contributed by atoms with Crippen molar-refractivity contribution in [3.8, 4) is 0 Å². The molecule has 6 heteroatoms. The minimum absolute atomic E-state index is 0.0862. The Morgan fingerprint density at radius 1 is 0.879 bits per heavy atom. The van der Waals surface area contributed by atoms with E-state index in [1.165, 1.54) is 5.56 Å². The number of imide groups is 2. The van der Waals surface area contributed by atoms with E-state index in [9.17, 15) is 14.4 Å². The monoisotopic (exact) mass is 435 g/mol. The van der Waals surface area contributed by atoms with E-state index in [0.717, 1.165) is 26.9 Å². The number of rotatable bonds is 4. The molecule has 0 unspecified atom stereocenters. The molecule has 4 amide bonds. The topological polar surface area (TPSA) is 71.4 Å². The first-order chi connectivity index (χ1) is 16.0. The van der Waals surface area contributed by atoms with Crippen molar-refractivity contribution < 1.29 is 14.4 Å². The summed E-state index contributed by atoms with van der Waals surface area (Å²) in [4.78, 5) is 39.2. The fraction of sp³-hybridized carbons (Fsp3) is 0.0741. The van der Waals surface area contributed by atoms with Gasteiger partial charge in [0.15, 0.2) is 0 Å².